The van der Waals surface area contributed by atoms with Crippen molar-refractivity contribution in [3.8, 4) is 17.0 Å². The second-order valence-electron chi connectivity index (χ2n) is 4.17. The highest BCUT2D eigenvalue weighted by atomic mass is 79.9. The highest BCUT2D eigenvalue weighted by Crippen LogP contribution is 2.29. The van der Waals surface area contributed by atoms with Gasteiger partial charge in [-0.3, -0.25) is 0 Å². The molecule has 100 valence electrons. The number of hydrogen-bond donors (Lipinski definition) is 0. The molecule has 0 radical (unpaired) electrons. The largest absolute Gasteiger partial charge is 0.425 e. The Hall–Kier alpha value is -1.78. The molecule has 1 aromatic heterocycles. The second-order valence-corrected chi connectivity index (χ2v) is 5.44. The van der Waals surface area contributed by atoms with E-state index < -0.39 is 5.76 Å². The van der Waals surface area contributed by atoms with Gasteiger partial charge in [-0.1, -0.05) is 63.9 Å². The van der Waals surface area contributed by atoms with Crippen LogP contribution in [0.3, 0.4) is 0 Å². The summed E-state index contributed by atoms with van der Waals surface area (Å²) < 4.78 is 7.49. The van der Waals surface area contributed by atoms with Gasteiger partial charge in [-0.25, -0.2) is 9.36 Å². The van der Waals surface area contributed by atoms with Crippen LogP contribution in [0.5, 0.6) is 0 Å². The van der Waals surface area contributed by atoms with Gasteiger partial charge in [-0.15, -0.1) is 0 Å². The molecular weight excluding hydrogens is 342 g/mol. The number of hydrogen-bond acceptors (Lipinski definition) is 2. The van der Waals surface area contributed by atoms with E-state index in [1.807, 2.05) is 42.5 Å². The van der Waals surface area contributed by atoms with Crippen LogP contribution < -0.4 is 5.76 Å². The lowest BCUT2D eigenvalue weighted by atomic mass is 10.2. The van der Waals surface area contributed by atoms with Crippen LogP contribution in [0, 0.1) is 0 Å². The van der Waals surface area contributed by atoms with Gasteiger partial charge < -0.3 is 4.42 Å². The number of aromatic nitrogens is 1. The van der Waals surface area contributed by atoms with E-state index >= 15 is 0 Å². The average molecular weight is 351 g/mol. The first-order chi connectivity index (χ1) is 9.66. The third kappa shape index (κ3) is 2.32. The molecule has 0 aliphatic rings. The molecule has 0 spiro atoms. The van der Waals surface area contributed by atoms with Gasteiger partial charge in [-0.2, -0.15) is 0 Å². The third-order valence-electron chi connectivity index (χ3n) is 2.86. The first kappa shape index (κ1) is 13.2. The molecule has 0 fully saturated rings. The minimum atomic E-state index is -0.507. The van der Waals surface area contributed by atoms with E-state index in [2.05, 4.69) is 15.9 Å². The van der Waals surface area contributed by atoms with Gasteiger partial charge in [0.1, 0.15) is 0 Å². The van der Waals surface area contributed by atoms with Gasteiger partial charge in [0.2, 0.25) is 0 Å². The minimum absolute atomic E-state index is 0.263. The summed E-state index contributed by atoms with van der Waals surface area (Å²) in [5.74, 6) is -0.135. The molecule has 0 unspecified atom stereocenters. The third-order valence-corrected chi connectivity index (χ3v) is 3.69. The molecule has 0 atom stereocenters. The molecule has 5 heteroatoms. The Morgan fingerprint density at radius 1 is 1.05 bits per heavy atom. The molecule has 3 rings (SSSR count). The summed E-state index contributed by atoms with van der Waals surface area (Å²) in [6, 6.07) is 16.6. The molecule has 0 saturated carbocycles. The van der Waals surface area contributed by atoms with Crippen molar-refractivity contribution in [1.29, 1.82) is 0 Å². The number of rotatable bonds is 2. The maximum atomic E-state index is 12.0. The lowest BCUT2D eigenvalue weighted by molar-refractivity contribution is 0.516. The summed E-state index contributed by atoms with van der Waals surface area (Å²) in [6.45, 7) is 0. The molecule has 2 aromatic carbocycles. The van der Waals surface area contributed by atoms with Crippen LogP contribution in [-0.4, -0.2) is 4.57 Å². The van der Waals surface area contributed by atoms with Crippen LogP contribution in [-0.2, 0) is 0 Å². The molecule has 0 amide bonds. The first-order valence-electron chi connectivity index (χ1n) is 5.89. The molecule has 3 nitrogen and oxygen atoms in total. The topological polar surface area (TPSA) is 35.1 Å². The number of oxazole rings is 1. The van der Waals surface area contributed by atoms with Crippen LogP contribution in [0.1, 0.15) is 0 Å². The Labute approximate surface area is 128 Å². The van der Waals surface area contributed by atoms with Crippen molar-refractivity contribution in [3.05, 3.63) is 74.8 Å². The Bertz CT molecular complexity index is 808. The fraction of sp³-hybridized carbons (Fsp3) is 0. The Balaban J connectivity index is 2.20. The maximum absolute atomic E-state index is 12.0. The molecule has 20 heavy (non-hydrogen) atoms. The SMILES string of the molecule is O=c1oc(-c2ccccc2)c(Cl)n1-c1cccc(Br)c1. The van der Waals surface area contributed by atoms with E-state index in [4.69, 9.17) is 16.0 Å². The zero-order valence-corrected chi connectivity index (χ0v) is 12.6. The standard InChI is InChI=1S/C15H9BrClNO2/c16-11-7-4-8-12(9-11)18-14(17)13(20-15(18)19)10-5-2-1-3-6-10/h1-9H. The number of benzene rings is 2. The zero-order chi connectivity index (χ0) is 14.1. The fourth-order valence-electron chi connectivity index (χ4n) is 1.96. The summed E-state index contributed by atoms with van der Waals surface area (Å²) in [5, 5.41) is 0.263. The normalized spacial score (nSPS) is 10.7. The molecule has 0 saturated heterocycles. The van der Waals surface area contributed by atoms with Crippen LogP contribution >= 0.6 is 27.5 Å². The monoisotopic (exact) mass is 349 g/mol. The zero-order valence-electron chi connectivity index (χ0n) is 10.2. The Kier molecular flexibility index (Phi) is 3.51. The van der Waals surface area contributed by atoms with Crippen molar-refractivity contribution in [2.24, 2.45) is 0 Å². The summed E-state index contributed by atoms with van der Waals surface area (Å²) >= 11 is 9.68. The van der Waals surface area contributed by atoms with Crippen LogP contribution in [0.25, 0.3) is 17.0 Å². The summed E-state index contributed by atoms with van der Waals surface area (Å²) in [5.41, 5.74) is 1.42. The van der Waals surface area contributed by atoms with Crippen LogP contribution in [0.4, 0.5) is 0 Å². The van der Waals surface area contributed by atoms with Crippen molar-refractivity contribution >= 4 is 27.5 Å². The molecular formula is C15H9BrClNO2. The molecule has 0 aliphatic carbocycles. The van der Waals surface area contributed by atoms with Crippen molar-refractivity contribution < 1.29 is 4.42 Å². The molecule has 1 heterocycles. The van der Waals surface area contributed by atoms with Crippen LogP contribution in [0.2, 0.25) is 5.15 Å². The van der Waals surface area contributed by atoms with E-state index in [9.17, 15) is 4.79 Å². The average Bonchev–Trinajstić information content (AvgIpc) is 2.75. The summed E-state index contributed by atoms with van der Waals surface area (Å²) in [4.78, 5) is 12.0. The summed E-state index contributed by atoms with van der Waals surface area (Å²) in [7, 11) is 0. The van der Waals surface area contributed by atoms with Gasteiger partial charge in [0.15, 0.2) is 10.9 Å². The Morgan fingerprint density at radius 2 is 1.80 bits per heavy atom. The summed E-state index contributed by atoms with van der Waals surface area (Å²) in [6.07, 6.45) is 0. The molecule has 0 bridgehead atoms. The quantitative estimate of drug-likeness (QED) is 0.681. The van der Waals surface area contributed by atoms with Crippen molar-refractivity contribution in [1.82, 2.24) is 4.57 Å². The highest BCUT2D eigenvalue weighted by molar-refractivity contribution is 9.10. The van der Waals surface area contributed by atoms with Gasteiger partial charge >= 0.3 is 5.76 Å². The Morgan fingerprint density at radius 3 is 2.50 bits per heavy atom. The van der Waals surface area contributed by atoms with Gasteiger partial charge in [0.25, 0.3) is 0 Å². The highest BCUT2D eigenvalue weighted by Gasteiger charge is 2.17. The van der Waals surface area contributed by atoms with E-state index in [1.54, 1.807) is 12.1 Å². The first-order valence-corrected chi connectivity index (χ1v) is 7.06. The van der Waals surface area contributed by atoms with E-state index in [-0.39, 0.29) is 5.15 Å². The van der Waals surface area contributed by atoms with E-state index in [1.165, 1.54) is 4.57 Å². The minimum Gasteiger partial charge on any atom is -0.406 e. The molecule has 0 aliphatic heterocycles. The lowest BCUT2D eigenvalue weighted by Crippen LogP contribution is -2.11. The van der Waals surface area contributed by atoms with E-state index in [0.29, 0.717) is 11.4 Å². The van der Waals surface area contributed by atoms with Gasteiger partial charge in [0, 0.05) is 10.0 Å². The predicted molar refractivity (Wildman–Crippen MR) is 82.5 cm³/mol. The smallest absolute Gasteiger partial charge is 0.406 e. The molecule has 3 aromatic rings. The lowest BCUT2D eigenvalue weighted by Gasteiger charge is -2.02. The number of nitrogens with zero attached hydrogens (tertiary/aromatic N) is 1. The van der Waals surface area contributed by atoms with Gasteiger partial charge in [-0.05, 0) is 18.2 Å². The second kappa shape index (κ2) is 5.31. The van der Waals surface area contributed by atoms with Crippen molar-refractivity contribution in [2.75, 3.05) is 0 Å². The van der Waals surface area contributed by atoms with Crippen LogP contribution in [0.15, 0.2) is 68.3 Å². The van der Waals surface area contributed by atoms with E-state index in [0.717, 1.165) is 10.0 Å². The van der Waals surface area contributed by atoms with Gasteiger partial charge in [0.05, 0.1) is 5.69 Å². The molecule has 0 N–H and O–H groups in total. The number of halogens is 2. The van der Waals surface area contributed by atoms with Crippen molar-refractivity contribution in [3.63, 3.8) is 0 Å². The van der Waals surface area contributed by atoms with Crippen molar-refractivity contribution in [2.45, 2.75) is 0 Å². The fourth-order valence-corrected chi connectivity index (χ4v) is 2.66. The predicted octanol–water partition coefficient (Wildman–Crippen LogP) is 4.51. The maximum Gasteiger partial charge on any atom is 0.425 e.